The first kappa shape index (κ1) is 7.81. The van der Waals surface area contributed by atoms with E-state index in [0.29, 0.717) is 0 Å². The Bertz CT molecular complexity index is 172. The molecule has 0 atom stereocenters. The first-order valence-corrected chi connectivity index (χ1v) is 2.03. The van der Waals surface area contributed by atoms with Crippen LogP contribution in [0.5, 0.6) is 0 Å². The SMILES string of the molecule is C.Nc1nccc(F)n1. The number of halogens is 1. The summed E-state index contributed by atoms with van der Waals surface area (Å²) < 4.78 is 11.9. The molecule has 0 saturated heterocycles. The topological polar surface area (TPSA) is 51.8 Å². The van der Waals surface area contributed by atoms with Crippen LogP contribution < -0.4 is 5.73 Å². The molecule has 50 valence electrons. The number of nitrogens with two attached hydrogens (primary N) is 1. The van der Waals surface area contributed by atoms with Gasteiger partial charge in [0.2, 0.25) is 11.9 Å². The lowest BCUT2D eigenvalue weighted by Crippen LogP contribution is -1.94. The second-order valence-electron chi connectivity index (χ2n) is 1.24. The molecule has 4 heteroatoms. The van der Waals surface area contributed by atoms with Crippen molar-refractivity contribution in [2.75, 3.05) is 5.73 Å². The molecule has 9 heavy (non-hydrogen) atoms. The molecular weight excluding hydrogens is 121 g/mol. The third-order valence-electron chi connectivity index (χ3n) is 0.640. The van der Waals surface area contributed by atoms with E-state index >= 15 is 0 Å². The van der Waals surface area contributed by atoms with Crippen molar-refractivity contribution in [1.82, 2.24) is 9.97 Å². The van der Waals surface area contributed by atoms with E-state index in [4.69, 9.17) is 5.73 Å². The lowest BCUT2D eigenvalue weighted by Gasteiger charge is -1.86. The van der Waals surface area contributed by atoms with E-state index in [1.54, 1.807) is 0 Å². The normalized spacial score (nSPS) is 8.11. The van der Waals surface area contributed by atoms with Crippen molar-refractivity contribution in [2.45, 2.75) is 7.43 Å². The third kappa shape index (κ3) is 2.03. The van der Waals surface area contributed by atoms with Gasteiger partial charge >= 0.3 is 0 Å². The number of rotatable bonds is 0. The number of aromatic nitrogens is 2. The summed E-state index contributed by atoms with van der Waals surface area (Å²) >= 11 is 0. The zero-order valence-corrected chi connectivity index (χ0v) is 4.00. The fraction of sp³-hybridized carbons (Fsp3) is 0.200. The van der Waals surface area contributed by atoms with Gasteiger partial charge in [-0.25, -0.2) is 4.98 Å². The average Bonchev–Trinajstić information content (AvgIpc) is 1.64. The van der Waals surface area contributed by atoms with E-state index in [0.717, 1.165) is 6.07 Å². The highest BCUT2D eigenvalue weighted by atomic mass is 19.1. The highest BCUT2D eigenvalue weighted by molar-refractivity contribution is 5.12. The Hall–Kier alpha value is -1.19. The van der Waals surface area contributed by atoms with E-state index in [2.05, 4.69) is 9.97 Å². The lowest BCUT2D eigenvalue weighted by atomic mass is 10.7. The second-order valence-corrected chi connectivity index (χ2v) is 1.24. The summed E-state index contributed by atoms with van der Waals surface area (Å²) in [5.41, 5.74) is 5.00. The summed E-state index contributed by atoms with van der Waals surface area (Å²) in [6.45, 7) is 0. The first-order chi connectivity index (χ1) is 3.79. The van der Waals surface area contributed by atoms with Gasteiger partial charge in [0.05, 0.1) is 0 Å². The van der Waals surface area contributed by atoms with Crippen LogP contribution in [0.25, 0.3) is 0 Å². The Kier molecular flexibility index (Phi) is 2.57. The van der Waals surface area contributed by atoms with Gasteiger partial charge in [-0.15, -0.1) is 0 Å². The summed E-state index contributed by atoms with van der Waals surface area (Å²) in [6.07, 6.45) is 1.26. The molecule has 0 spiro atoms. The van der Waals surface area contributed by atoms with E-state index in [1.807, 2.05) is 0 Å². The summed E-state index contributed by atoms with van der Waals surface area (Å²) in [5.74, 6) is -0.637. The third-order valence-corrected chi connectivity index (χ3v) is 0.640. The van der Waals surface area contributed by atoms with Gasteiger partial charge in [-0.1, -0.05) is 7.43 Å². The summed E-state index contributed by atoms with van der Waals surface area (Å²) in [4.78, 5) is 6.64. The quantitative estimate of drug-likeness (QED) is 0.528. The molecule has 0 aliphatic rings. The van der Waals surface area contributed by atoms with Gasteiger partial charge in [0.25, 0.3) is 0 Å². The molecule has 0 amide bonds. The maximum atomic E-state index is 11.9. The zero-order valence-electron chi connectivity index (χ0n) is 4.00. The number of nitrogens with zero attached hydrogens (tertiary/aromatic N) is 2. The van der Waals surface area contributed by atoms with Crippen LogP contribution in [0.3, 0.4) is 0 Å². The molecule has 3 nitrogen and oxygen atoms in total. The Balaban J connectivity index is 0.000000640. The van der Waals surface area contributed by atoms with E-state index in [1.165, 1.54) is 6.20 Å². The van der Waals surface area contributed by atoms with Crippen LogP contribution in [0.2, 0.25) is 0 Å². The van der Waals surface area contributed by atoms with Crippen molar-refractivity contribution in [3.63, 3.8) is 0 Å². The monoisotopic (exact) mass is 129 g/mol. The van der Waals surface area contributed by atoms with Crippen LogP contribution in [-0.2, 0) is 0 Å². The Labute approximate surface area is 52.7 Å². The molecule has 0 saturated carbocycles. The fourth-order valence-corrected chi connectivity index (χ4v) is 0.351. The van der Waals surface area contributed by atoms with Crippen molar-refractivity contribution in [1.29, 1.82) is 0 Å². The fourth-order valence-electron chi connectivity index (χ4n) is 0.351. The molecule has 2 N–H and O–H groups in total. The van der Waals surface area contributed by atoms with Gasteiger partial charge in [-0.2, -0.15) is 9.37 Å². The molecule has 0 bridgehead atoms. The molecule has 1 aromatic rings. The number of hydrogen-bond acceptors (Lipinski definition) is 3. The molecule has 0 aliphatic heterocycles. The largest absolute Gasteiger partial charge is 0.368 e. The van der Waals surface area contributed by atoms with Crippen LogP contribution in [0.1, 0.15) is 7.43 Å². The van der Waals surface area contributed by atoms with Crippen molar-refractivity contribution in [3.8, 4) is 0 Å². The van der Waals surface area contributed by atoms with Crippen LogP contribution in [0, 0.1) is 5.95 Å². The summed E-state index contributed by atoms with van der Waals surface area (Å²) in [6, 6.07) is 1.14. The van der Waals surface area contributed by atoms with Gasteiger partial charge < -0.3 is 5.73 Å². The highest BCUT2D eigenvalue weighted by Crippen LogP contribution is 1.90. The minimum atomic E-state index is -0.600. The van der Waals surface area contributed by atoms with Gasteiger partial charge in [0.1, 0.15) is 0 Å². The molecule has 0 aromatic carbocycles. The van der Waals surface area contributed by atoms with Gasteiger partial charge in [0.15, 0.2) is 0 Å². The van der Waals surface area contributed by atoms with E-state index in [-0.39, 0.29) is 13.4 Å². The van der Waals surface area contributed by atoms with Gasteiger partial charge in [0, 0.05) is 12.3 Å². The molecular formula is C5H8FN3. The number of anilines is 1. The molecule has 1 heterocycles. The molecule has 1 aromatic heterocycles. The van der Waals surface area contributed by atoms with Crippen molar-refractivity contribution in [3.05, 3.63) is 18.2 Å². The van der Waals surface area contributed by atoms with Crippen molar-refractivity contribution >= 4 is 5.95 Å². The molecule has 0 fully saturated rings. The van der Waals surface area contributed by atoms with Crippen LogP contribution in [0.4, 0.5) is 10.3 Å². The molecule has 1 rings (SSSR count). The Morgan fingerprint density at radius 3 is 2.56 bits per heavy atom. The average molecular weight is 129 g/mol. The van der Waals surface area contributed by atoms with E-state index in [9.17, 15) is 4.39 Å². The molecule has 0 radical (unpaired) electrons. The molecule has 0 aliphatic carbocycles. The molecule has 0 unspecified atom stereocenters. The minimum Gasteiger partial charge on any atom is -0.368 e. The maximum Gasteiger partial charge on any atom is 0.222 e. The highest BCUT2D eigenvalue weighted by Gasteiger charge is 1.88. The Morgan fingerprint density at radius 1 is 1.56 bits per heavy atom. The minimum absolute atomic E-state index is 0. The van der Waals surface area contributed by atoms with Gasteiger partial charge in [-0.3, -0.25) is 0 Å². The summed E-state index contributed by atoms with van der Waals surface area (Å²) in [5, 5.41) is 0. The number of nitrogen functional groups attached to an aromatic ring is 1. The van der Waals surface area contributed by atoms with Crippen LogP contribution in [0.15, 0.2) is 12.3 Å². The van der Waals surface area contributed by atoms with Crippen molar-refractivity contribution in [2.24, 2.45) is 0 Å². The van der Waals surface area contributed by atoms with Gasteiger partial charge in [-0.05, 0) is 0 Å². The Morgan fingerprint density at radius 2 is 2.22 bits per heavy atom. The van der Waals surface area contributed by atoms with Crippen LogP contribution >= 0.6 is 0 Å². The second kappa shape index (κ2) is 2.96. The van der Waals surface area contributed by atoms with Crippen molar-refractivity contribution < 1.29 is 4.39 Å². The first-order valence-electron chi connectivity index (χ1n) is 2.03. The van der Waals surface area contributed by atoms with Crippen LogP contribution in [-0.4, -0.2) is 9.97 Å². The summed E-state index contributed by atoms with van der Waals surface area (Å²) in [7, 11) is 0. The smallest absolute Gasteiger partial charge is 0.222 e. The standard InChI is InChI=1S/C4H4FN3.CH4/c5-3-1-2-7-4(6)8-3;/h1-2H,(H2,6,7,8);1H4. The van der Waals surface area contributed by atoms with E-state index < -0.39 is 5.95 Å². The lowest BCUT2D eigenvalue weighted by molar-refractivity contribution is 0.582. The predicted octanol–water partition coefficient (Wildman–Crippen LogP) is 0.834. The predicted molar refractivity (Wildman–Crippen MR) is 33.1 cm³/mol. The number of hydrogen-bond donors (Lipinski definition) is 1. The maximum absolute atomic E-state index is 11.9. The zero-order chi connectivity index (χ0) is 5.98.